The topological polar surface area (TPSA) is 82.3 Å². The fraction of sp³-hybridized carbons (Fsp3) is 0.263. The monoisotopic (exact) mass is 340 g/mol. The molecule has 0 spiro atoms. The Bertz CT molecular complexity index is 589. The van der Waals surface area contributed by atoms with Gasteiger partial charge in [0.05, 0.1) is 13.3 Å². The number of benzene rings is 2. The van der Waals surface area contributed by atoms with Gasteiger partial charge in [-0.05, 0) is 11.1 Å². The third-order valence-corrected chi connectivity index (χ3v) is 3.49. The fourth-order valence-corrected chi connectivity index (χ4v) is 2.20. The second-order valence-electron chi connectivity index (χ2n) is 5.55. The largest absolute Gasteiger partial charge is 0.343 e. The zero-order valence-corrected chi connectivity index (χ0v) is 14.1. The Balaban J connectivity index is 1.50. The number of hydrogen-bond donors (Lipinski definition) is 4. The molecule has 6 nitrogen and oxygen atoms in total. The Kier molecular flexibility index (Phi) is 8.17. The van der Waals surface area contributed by atoms with E-state index >= 15 is 0 Å². The molecule has 0 saturated heterocycles. The third kappa shape index (κ3) is 8.10. The van der Waals surface area contributed by atoms with E-state index in [1.54, 1.807) is 0 Å². The minimum Gasteiger partial charge on any atom is -0.343 e. The zero-order chi connectivity index (χ0) is 17.7. The minimum atomic E-state index is -0.305. The van der Waals surface area contributed by atoms with Gasteiger partial charge in [-0.15, -0.1) is 0 Å². The van der Waals surface area contributed by atoms with Gasteiger partial charge in [0.25, 0.3) is 0 Å². The number of hydrogen-bond acceptors (Lipinski definition) is 4. The van der Waals surface area contributed by atoms with Crippen molar-refractivity contribution in [1.82, 2.24) is 21.3 Å². The van der Waals surface area contributed by atoms with Gasteiger partial charge in [0.1, 0.15) is 6.42 Å². The standard InChI is InChI=1S/C19H24N4O2/c24-18(22-14-20-12-16-7-3-1-4-8-16)11-19(25)23-15-21-13-17-9-5-2-6-10-17/h1-10,20-21H,11-15H2,(H,22,24)(H,23,25). The van der Waals surface area contributed by atoms with Crippen LogP contribution >= 0.6 is 0 Å². The second kappa shape index (κ2) is 11.0. The SMILES string of the molecule is O=C(CC(=O)NCNCc1ccccc1)NCNCc1ccccc1. The first-order chi connectivity index (χ1) is 12.2. The summed E-state index contributed by atoms with van der Waals surface area (Å²) in [5, 5.41) is 11.5. The Morgan fingerprint density at radius 1 is 0.640 bits per heavy atom. The third-order valence-electron chi connectivity index (χ3n) is 3.49. The van der Waals surface area contributed by atoms with Gasteiger partial charge >= 0.3 is 0 Å². The van der Waals surface area contributed by atoms with Gasteiger partial charge in [0, 0.05) is 13.1 Å². The first-order valence-corrected chi connectivity index (χ1v) is 8.27. The average Bonchev–Trinajstić information content (AvgIpc) is 2.64. The lowest BCUT2D eigenvalue weighted by molar-refractivity contribution is -0.129. The van der Waals surface area contributed by atoms with Crippen molar-refractivity contribution >= 4 is 11.8 Å². The van der Waals surface area contributed by atoms with Crippen molar-refractivity contribution in [3.05, 3.63) is 71.8 Å². The maximum atomic E-state index is 11.7. The quantitative estimate of drug-likeness (QED) is 0.297. The lowest BCUT2D eigenvalue weighted by atomic mass is 10.2. The van der Waals surface area contributed by atoms with Crippen LogP contribution in [0.15, 0.2) is 60.7 Å². The molecule has 0 aromatic heterocycles. The van der Waals surface area contributed by atoms with Crippen molar-refractivity contribution in [3.63, 3.8) is 0 Å². The normalized spacial score (nSPS) is 10.2. The lowest BCUT2D eigenvalue weighted by Crippen LogP contribution is -2.39. The summed E-state index contributed by atoms with van der Waals surface area (Å²) in [6.45, 7) is 1.98. The molecule has 2 aromatic carbocycles. The fourth-order valence-electron chi connectivity index (χ4n) is 2.20. The van der Waals surface area contributed by atoms with E-state index in [1.165, 1.54) is 0 Å². The molecule has 25 heavy (non-hydrogen) atoms. The number of carbonyl (C=O) groups excluding carboxylic acids is 2. The molecule has 0 aliphatic rings. The van der Waals surface area contributed by atoms with E-state index < -0.39 is 0 Å². The molecule has 132 valence electrons. The van der Waals surface area contributed by atoms with E-state index in [0.717, 1.165) is 11.1 Å². The van der Waals surface area contributed by atoms with Crippen LogP contribution in [0.5, 0.6) is 0 Å². The summed E-state index contributed by atoms with van der Waals surface area (Å²) in [5.74, 6) is -0.609. The molecule has 0 unspecified atom stereocenters. The van der Waals surface area contributed by atoms with Gasteiger partial charge < -0.3 is 10.6 Å². The van der Waals surface area contributed by atoms with E-state index in [0.29, 0.717) is 26.4 Å². The summed E-state index contributed by atoms with van der Waals surface area (Å²) in [6.07, 6.45) is -0.181. The van der Waals surface area contributed by atoms with Crippen LogP contribution in [-0.4, -0.2) is 25.2 Å². The maximum Gasteiger partial charge on any atom is 0.230 e. The minimum absolute atomic E-state index is 0.181. The van der Waals surface area contributed by atoms with Crippen LogP contribution in [-0.2, 0) is 22.7 Å². The van der Waals surface area contributed by atoms with Crippen LogP contribution < -0.4 is 21.3 Å². The van der Waals surface area contributed by atoms with E-state index in [2.05, 4.69) is 21.3 Å². The number of carbonyl (C=O) groups is 2. The molecule has 0 heterocycles. The Morgan fingerprint density at radius 3 is 1.44 bits per heavy atom. The second-order valence-corrected chi connectivity index (χ2v) is 5.55. The summed E-state index contributed by atoms with van der Waals surface area (Å²) in [4.78, 5) is 23.4. The molecule has 0 fully saturated rings. The van der Waals surface area contributed by atoms with Gasteiger partial charge in [-0.25, -0.2) is 0 Å². The van der Waals surface area contributed by atoms with E-state index in [9.17, 15) is 9.59 Å². The predicted molar refractivity (Wildman–Crippen MR) is 97.2 cm³/mol. The molecule has 2 amide bonds. The molecule has 0 atom stereocenters. The van der Waals surface area contributed by atoms with Crippen LogP contribution in [0.2, 0.25) is 0 Å². The van der Waals surface area contributed by atoms with Crippen molar-refractivity contribution < 1.29 is 9.59 Å². The Labute approximate surface area is 148 Å². The van der Waals surface area contributed by atoms with E-state index in [4.69, 9.17) is 0 Å². The molecular weight excluding hydrogens is 316 g/mol. The van der Waals surface area contributed by atoms with Gasteiger partial charge in [-0.3, -0.25) is 20.2 Å². The van der Waals surface area contributed by atoms with E-state index in [1.807, 2.05) is 60.7 Å². The summed E-state index contributed by atoms with van der Waals surface area (Å²) < 4.78 is 0. The van der Waals surface area contributed by atoms with Gasteiger partial charge in [-0.1, -0.05) is 60.7 Å². The van der Waals surface area contributed by atoms with Crippen LogP contribution in [0.4, 0.5) is 0 Å². The summed E-state index contributed by atoms with van der Waals surface area (Å²) >= 11 is 0. The Hall–Kier alpha value is -2.70. The molecule has 2 rings (SSSR count). The predicted octanol–water partition coefficient (Wildman–Crippen LogP) is 1.10. The van der Waals surface area contributed by atoms with Gasteiger partial charge in [0.15, 0.2) is 0 Å². The number of nitrogens with one attached hydrogen (secondary N) is 4. The highest BCUT2D eigenvalue weighted by Crippen LogP contribution is 1.97. The van der Waals surface area contributed by atoms with Crippen molar-refractivity contribution in [2.75, 3.05) is 13.3 Å². The van der Waals surface area contributed by atoms with Crippen LogP contribution in [0.3, 0.4) is 0 Å². The molecule has 0 aliphatic heterocycles. The zero-order valence-electron chi connectivity index (χ0n) is 14.1. The first-order valence-electron chi connectivity index (χ1n) is 8.27. The maximum absolute atomic E-state index is 11.7. The summed E-state index contributed by atoms with van der Waals surface area (Å²) in [5.41, 5.74) is 2.28. The molecule has 0 bridgehead atoms. The van der Waals surface area contributed by atoms with Crippen molar-refractivity contribution in [2.45, 2.75) is 19.5 Å². The number of amides is 2. The number of rotatable bonds is 10. The molecule has 0 aliphatic carbocycles. The molecule has 6 heteroatoms. The average molecular weight is 340 g/mol. The van der Waals surface area contributed by atoms with Crippen molar-refractivity contribution in [2.24, 2.45) is 0 Å². The summed E-state index contributed by atoms with van der Waals surface area (Å²) in [7, 11) is 0. The highest BCUT2D eigenvalue weighted by Gasteiger charge is 2.07. The van der Waals surface area contributed by atoms with Gasteiger partial charge in [-0.2, -0.15) is 0 Å². The first kappa shape index (κ1) is 18.6. The van der Waals surface area contributed by atoms with Crippen LogP contribution in [0.25, 0.3) is 0 Å². The highest BCUT2D eigenvalue weighted by atomic mass is 16.2. The molecular formula is C19H24N4O2. The van der Waals surface area contributed by atoms with Crippen LogP contribution in [0, 0.1) is 0 Å². The van der Waals surface area contributed by atoms with E-state index in [-0.39, 0.29) is 18.2 Å². The van der Waals surface area contributed by atoms with Crippen molar-refractivity contribution in [1.29, 1.82) is 0 Å². The molecule has 0 radical (unpaired) electrons. The molecule has 0 saturated carbocycles. The van der Waals surface area contributed by atoms with Crippen molar-refractivity contribution in [3.8, 4) is 0 Å². The lowest BCUT2D eigenvalue weighted by Gasteiger charge is -2.09. The van der Waals surface area contributed by atoms with Gasteiger partial charge in [0.2, 0.25) is 11.8 Å². The highest BCUT2D eigenvalue weighted by molar-refractivity contribution is 5.96. The Morgan fingerprint density at radius 2 is 1.04 bits per heavy atom. The molecule has 4 N–H and O–H groups in total. The summed E-state index contributed by atoms with van der Waals surface area (Å²) in [6, 6.07) is 19.8. The van der Waals surface area contributed by atoms with Crippen LogP contribution in [0.1, 0.15) is 17.5 Å². The molecule has 2 aromatic rings. The smallest absolute Gasteiger partial charge is 0.230 e.